The molecule has 1 N–H and O–H groups in total. The fraction of sp³-hybridized carbons (Fsp3) is 1.00. The molecule has 0 radical (unpaired) electrons. The normalized spacial score (nSPS) is 11.3. The van der Waals surface area contributed by atoms with Gasteiger partial charge in [0.25, 0.3) is 0 Å². The molecule has 0 amide bonds. The molecule has 0 aliphatic heterocycles. The zero-order chi connectivity index (χ0) is 8.20. The van der Waals surface area contributed by atoms with Crippen molar-refractivity contribution in [2.75, 3.05) is 6.61 Å². The van der Waals surface area contributed by atoms with Crippen molar-refractivity contribution in [1.29, 1.82) is 0 Å². The third kappa shape index (κ3) is 13.3. The van der Waals surface area contributed by atoms with Gasteiger partial charge in [0.15, 0.2) is 0 Å². The van der Waals surface area contributed by atoms with Crippen molar-refractivity contribution in [3.8, 4) is 0 Å². The van der Waals surface area contributed by atoms with Crippen molar-refractivity contribution in [3.63, 3.8) is 0 Å². The van der Waals surface area contributed by atoms with E-state index in [9.17, 15) is 17.2 Å². The number of rotatable bonds is 4. The molecular formula is C3H7F2LiO4S. The van der Waals surface area contributed by atoms with Crippen molar-refractivity contribution in [1.82, 2.24) is 0 Å². The van der Waals surface area contributed by atoms with Crippen LogP contribution in [0.4, 0.5) is 8.78 Å². The average Bonchev–Trinajstić information content (AvgIpc) is 1.59. The molecule has 0 aromatic carbocycles. The van der Waals surface area contributed by atoms with Crippen molar-refractivity contribution >= 4 is 29.3 Å². The van der Waals surface area contributed by atoms with Gasteiger partial charge in [-0.1, -0.05) is 0 Å². The van der Waals surface area contributed by atoms with Gasteiger partial charge in [0.1, 0.15) is 0 Å². The van der Waals surface area contributed by atoms with Crippen molar-refractivity contribution in [3.05, 3.63) is 0 Å². The SMILES string of the molecule is O=S(=O)(O)OCCC(F)F.[LiH]. The first-order valence-electron chi connectivity index (χ1n) is 2.32. The molecule has 0 saturated heterocycles. The Morgan fingerprint density at radius 3 is 2.18 bits per heavy atom. The number of hydrogen-bond donors (Lipinski definition) is 1. The second kappa shape index (κ2) is 5.91. The summed E-state index contributed by atoms with van der Waals surface area (Å²) in [7, 11) is -4.55. The Bertz CT molecular complexity index is 180. The Morgan fingerprint density at radius 1 is 1.45 bits per heavy atom. The van der Waals surface area contributed by atoms with Gasteiger partial charge in [-0.15, -0.1) is 0 Å². The molecule has 4 nitrogen and oxygen atoms in total. The molecule has 0 aliphatic rings. The van der Waals surface area contributed by atoms with Crippen LogP contribution in [0.25, 0.3) is 0 Å². The van der Waals surface area contributed by atoms with E-state index in [0.717, 1.165) is 0 Å². The van der Waals surface area contributed by atoms with Crippen LogP contribution in [0.15, 0.2) is 0 Å². The number of hydrogen-bond acceptors (Lipinski definition) is 3. The summed E-state index contributed by atoms with van der Waals surface area (Å²) in [4.78, 5) is 0. The van der Waals surface area contributed by atoms with E-state index < -0.39 is 29.9 Å². The third-order valence-electron chi connectivity index (χ3n) is 0.568. The summed E-state index contributed by atoms with van der Waals surface area (Å²) in [5, 5.41) is 0. The monoisotopic (exact) mass is 184 g/mol. The summed E-state index contributed by atoms with van der Waals surface area (Å²) in [6.45, 7) is -0.698. The van der Waals surface area contributed by atoms with Crippen LogP contribution >= 0.6 is 0 Å². The predicted molar refractivity (Wildman–Crippen MR) is 35.3 cm³/mol. The summed E-state index contributed by atoms with van der Waals surface area (Å²) in [5.74, 6) is 0. The predicted octanol–water partition coefficient (Wildman–Crippen LogP) is -0.187. The minimum absolute atomic E-state index is 0. The fourth-order valence-electron chi connectivity index (χ4n) is 0.243. The third-order valence-corrected chi connectivity index (χ3v) is 1.03. The molecular weight excluding hydrogens is 177 g/mol. The van der Waals surface area contributed by atoms with E-state index in [1.165, 1.54) is 0 Å². The molecule has 8 heteroatoms. The Labute approximate surface area is 75.0 Å². The summed E-state index contributed by atoms with van der Waals surface area (Å²) < 4.78 is 53.3. The van der Waals surface area contributed by atoms with Crippen LogP contribution in [0.1, 0.15) is 6.42 Å². The van der Waals surface area contributed by atoms with Gasteiger partial charge in [0.05, 0.1) is 6.61 Å². The standard InChI is InChI=1S/C3H6F2O4S.Li.H/c4-3(5)1-2-9-10(6,7)8;;/h3H,1-2H2,(H,6,7,8);;. The van der Waals surface area contributed by atoms with Gasteiger partial charge in [-0.2, -0.15) is 8.42 Å². The Kier molecular flexibility index (Phi) is 7.46. The molecule has 0 unspecified atom stereocenters. The van der Waals surface area contributed by atoms with Gasteiger partial charge in [0.2, 0.25) is 6.43 Å². The zero-order valence-electron chi connectivity index (χ0n) is 4.83. The fourth-order valence-corrected chi connectivity index (χ4v) is 0.549. The molecule has 0 rings (SSSR count). The maximum atomic E-state index is 11.3. The summed E-state index contributed by atoms with van der Waals surface area (Å²) in [6, 6.07) is 0. The Hall–Kier alpha value is 0.327. The summed E-state index contributed by atoms with van der Waals surface area (Å²) >= 11 is 0. The topological polar surface area (TPSA) is 63.6 Å². The molecule has 0 aromatic rings. The molecule has 0 fully saturated rings. The Morgan fingerprint density at radius 2 is 1.91 bits per heavy atom. The summed E-state index contributed by atoms with van der Waals surface area (Å²) in [6.07, 6.45) is -3.33. The zero-order valence-corrected chi connectivity index (χ0v) is 5.64. The second-order valence-corrected chi connectivity index (χ2v) is 2.52. The molecule has 0 spiro atoms. The molecule has 11 heavy (non-hydrogen) atoms. The molecule has 64 valence electrons. The maximum absolute atomic E-state index is 11.3. The second-order valence-electron chi connectivity index (χ2n) is 1.43. The van der Waals surface area contributed by atoms with Gasteiger partial charge in [-0.05, 0) is 0 Å². The van der Waals surface area contributed by atoms with Crippen LogP contribution in [-0.4, -0.2) is 44.9 Å². The molecule has 0 aliphatic carbocycles. The summed E-state index contributed by atoms with van der Waals surface area (Å²) in [5.41, 5.74) is 0. The van der Waals surface area contributed by atoms with E-state index in [2.05, 4.69) is 4.18 Å². The van der Waals surface area contributed by atoms with Crippen LogP contribution in [0, 0.1) is 0 Å². The van der Waals surface area contributed by atoms with Gasteiger partial charge in [-0.25, -0.2) is 13.0 Å². The van der Waals surface area contributed by atoms with E-state index in [0.29, 0.717) is 0 Å². The van der Waals surface area contributed by atoms with Crippen LogP contribution in [0.5, 0.6) is 0 Å². The number of halogens is 2. The number of alkyl halides is 2. The van der Waals surface area contributed by atoms with Crippen molar-refractivity contribution in [2.24, 2.45) is 0 Å². The van der Waals surface area contributed by atoms with Crippen LogP contribution in [-0.2, 0) is 14.6 Å². The quantitative estimate of drug-likeness (QED) is 0.486. The van der Waals surface area contributed by atoms with Crippen molar-refractivity contribution in [2.45, 2.75) is 12.8 Å². The van der Waals surface area contributed by atoms with E-state index in [1.807, 2.05) is 0 Å². The van der Waals surface area contributed by atoms with E-state index >= 15 is 0 Å². The molecule has 0 saturated carbocycles. The first-order valence-corrected chi connectivity index (χ1v) is 3.68. The van der Waals surface area contributed by atoms with Crippen LogP contribution < -0.4 is 0 Å². The molecule has 0 heterocycles. The van der Waals surface area contributed by atoms with Crippen LogP contribution in [0.2, 0.25) is 0 Å². The molecule has 0 aromatic heterocycles. The Balaban J connectivity index is 0. The van der Waals surface area contributed by atoms with Gasteiger partial charge in [0, 0.05) is 6.42 Å². The first-order chi connectivity index (χ1) is 4.42. The molecule has 0 bridgehead atoms. The van der Waals surface area contributed by atoms with E-state index in [4.69, 9.17) is 4.55 Å². The van der Waals surface area contributed by atoms with Crippen LogP contribution in [0.3, 0.4) is 0 Å². The van der Waals surface area contributed by atoms with Crippen molar-refractivity contribution < 1.29 is 25.9 Å². The molecule has 0 atom stereocenters. The van der Waals surface area contributed by atoms with E-state index in [-0.39, 0.29) is 18.9 Å². The first kappa shape index (κ1) is 13.9. The van der Waals surface area contributed by atoms with Gasteiger partial charge in [-0.3, -0.25) is 4.55 Å². The van der Waals surface area contributed by atoms with E-state index in [1.54, 1.807) is 0 Å². The minimum atomic E-state index is -4.55. The average molecular weight is 184 g/mol. The van der Waals surface area contributed by atoms with Gasteiger partial charge >= 0.3 is 29.3 Å². The van der Waals surface area contributed by atoms with Gasteiger partial charge < -0.3 is 0 Å².